The van der Waals surface area contributed by atoms with Gasteiger partial charge in [0.25, 0.3) is 0 Å². The standard InChI is InChI=1S/C13H20N2O2/c1-4-10(9-13(16)15(2)17-3)11-6-5-7-12(14)8-11/h5-8,10H,4,9,14H2,1-3H3. The topological polar surface area (TPSA) is 55.6 Å². The molecule has 4 nitrogen and oxygen atoms in total. The summed E-state index contributed by atoms with van der Waals surface area (Å²) in [5.41, 5.74) is 7.58. The van der Waals surface area contributed by atoms with Crippen LogP contribution in [0.25, 0.3) is 0 Å². The highest BCUT2D eigenvalue weighted by molar-refractivity contribution is 5.75. The number of hydroxylamine groups is 2. The first-order valence-corrected chi connectivity index (χ1v) is 5.74. The largest absolute Gasteiger partial charge is 0.399 e. The minimum Gasteiger partial charge on any atom is -0.399 e. The molecule has 4 heteroatoms. The van der Waals surface area contributed by atoms with Crippen LogP contribution in [0.1, 0.15) is 31.2 Å². The molecule has 0 aliphatic heterocycles. The molecule has 1 rings (SSSR count). The van der Waals surface area contributed by atoms with Crippen molar-refractivity contribution in [3.05, 3.63) is 29.8 Å². The van der Waals surface area contributed by atoms with E-state index in [1.165, 1.54) is 12.2 Å². The first-order valence-electron chi connectivity index (χ1n) is 5.74. The average molecular weight is 236 g/mol. The van der Waals surface area contributed by atoms with E-state index >= 15 is 0 Å². The smallest absolute Gasteiger partial charge is 0.246 e. The van der Waals surface area contributed by atoms with Crippen molar-refractivity contribution in [1.29, 1.82) is 0 Å². The predicted molar refractivity (Wildman–Crippen MR) is 68.3 cm³/mol. The molecule has 0 aliphatic rings. The zero-order chi connectivity index (χ0) is 12.8. The number of anilines is 1. The molecule has 1 atom stereocenters. The number of nitrogen functional groups attached to an aromatic ring is 1. The first-order chi connectivity index (χ1) is 8.08. The number of hydrogen-bond donors (Lipinski definition) is 1. The third-order valence-corrected chi connectivity index (χ3v) is 2.92. The van der Waals surface area contributed by atoms with Gasteiger partial charge in [-0.15, -0.1) is 0 Å². The van der Waals surface area contributed by atoms with E-state index in [0.717, 1.165) is 17.7 Å². The highest BCUT2D eigenvalue weighted by Crippen LogP contribution is 2.25. The third kappa shape index (κ3) is 3.75. The average Bonchev–Trinajstić information content (AvgIpc) is 2.34. The molecule has 1 amide bonds. The van der Waals surface area contributed by atoms with Gasteiger partial charge in [-0.3, -0.25) is 9.63 Å². The van der Waals surface area contributed by atoms with Crippen LogP contribution in [0.3, 0.4) is 0 Å². The Balaban J connectivity index is 2.75. The van der Waals surface area contributed by atoms with E-state index in [-0.39, 0.29) is 11.8 Å². The molecule has 94 valence electrons. The zero-order valence-electron chi connectivity index (χ0n) is 10.6. The molecular formula is C13H20N2O2. The van der Waals surface area contributed by atoms with Crippen molar-refractivity contribution >= 4 is 11.6 Å². The number of carbonyl (C=O) groups excluding carboxylic acids is 1. The van der Waals surface area contributed by atoms with Crippen molar-refractivity contribution in [3.63, 3.8) is 0 Å². The third-order valence-electron chi connectivity index (χ3n) is 2.92. The van der Waals surface area contributed by atoms with Gasteiger partial charge in [-0.25, -0.2) is 5.06 Å². The first kappa shape index (κ1) is 13.5. The fourth-order valence-electron chi connectivity index (χ4n) is 1.75. The lowest BCUT2D eigenvalue weighted by molar-refractivity contribution is -0.169. The zero-order valence-corrected chi connectivity index (χ0v) is 10.6. The monoisotopic (exact) mass is 236 g/mol. The molecule has 0 heterocycles. The molecule has 17 heavy (non-hydrogen) atoms. The number of nitrogens with two attached hydrogens (primary N) is 1. The summed E-state index contributed by atoms with van der Waals surface area (Å²) in [6, 6.07) is 7.69. The Hall–Kier alpha value is -1.55. The summed E-state index contributed by atoms with van der Waals surface area (Å²) in [5, 5.41) is 1.26. The number of amides is 1. The molecule has 0 spiro atoms. The Morgan fingerprint density at radius 2 is 2.24 bits per heavy atom. The molecule has 1 aromatic carbocycles. The SMILES string of the molecule is CCC(CC(=O)N(C)OC)c1cccc(N)c1. The fourth-order valence-corrected chi connectivity index (χ4v) is 1.75. The maximum atomic E-state index is 11.8. The Labute approximate surface area is 102 Å². The quantitative estimate of drug-likeness (QED) is 0.629. The Kier molecular flexibility index (Phi) is 4.97. The van der Waals surface area contributed by atoms with Gasteiger partial charge < -0.3 is 5.73 Å². The van der Waals surface area contributed by atoms with Crippen molar-refractivity contribution in [2.45, 2.75) is 25.7 Å². The Bertz CT molecular complexity index is 379. The van der Waals surface area contributed by atoms with E-state index in [1.54, 1.807) is 7.05 Å². The van der Waals surface area contributed by atoms with Crippen molar-refractivity contribution in [1.82, 2.24) is 5.06 Å². The molecule has 0 aromatic heterocycles. The Morgan fingerprint density at radius 3 is 2.76 bits per heavy atom. The second-order valence-electron chi connectivity index (χ2n) is 4.05. The molecule has 0 saturated heterocycles. The summed E-state index contributed by atoms with van der Waals surface area (Å²) in [7, 11) is 3.10. The molecule has 0 bridgehead atoms. The maximum Gasteiger partial charge on any atom is 0.246 e. The van der Waals surface area contributed by atoms with Crippen molar-refractivity contribution in [3.8, 4) is 0 Å². The summed E-state index contributed by atoms with van der Waals surface area (Å²) in [4.78, 5) is 16.6. The molecule has 0 aliphatic carbocycles. The van der Waals surface area contributed by atoms with E-state index < -0.39 is 0 Å². The molecular weight excluding hydrogens is 216 g/mol. The van der Waals surface area contributed by atoms with Crippen molar-refractivity contribution in [2.75, 3.05) is 19.9 Å². The van der Waals surface area contributed by atoms with E-state index in [0.29, 0.717) is 6.42 Å². The second-order valence-corrected chi connectivity index (χ2v) is 4.05. The van der Waals surface area contributed by atoms with Gasteiger partial charge in [0.1, 0.15) is 0 Å². The highest BCUT2D eigenvalue weighted by Gasteiger charge is 2.17. The lowest BCUT2D eigenvalue weighted by Gasteiger charge is -2.19. The number of hydrogen-bond acceptors (Lipinski definition) is 3. The van der Waals surface area contributed by atoms with Crippen LogP contribution < -0.4 is 5.73 Å². The van der Waals surface area contributed by atoms with Crippen LogP contribution in [-0.4, -0.2) is 25.1 Å². The second kappa shape index (κ2) is 6.25. The summed E-state index contributed by atoms with van der Waals surface area (Å²) in [6.07, 6.45) is 1.33. The molecule has 0 radical (unpaired) electrons. The summed E-state index contributed by atoms with van der Waals surface area (Å²) >= 11 is 0. The molecule has 0 saturated carbocycles. The van der Waals surface area contributed by atoms with E-state index in [9.17, 15) is 4.79 Å². The van der Waals surface area contributed by atoms with E-state index in [2.05, 4.69) is 6.92 Å². The minimum atomic E-state index is -0.0261. The van der Waals surface area contributed by atoms with Gasteiger partial charge in [0.15, 0.2) is 0 Å². The van der Waals surface area contributed by atoms with Gasteiger partial charge in [-0.05, 0) is 30.0 Å². The predicted octanol–water partition coefficient (Wildman–Crippen LogP) is 2.17. The van der Waals surface area contributed by atoms with Crippen LogP contribution in [0.5, 0.6) is 0 Å². The molecule has 1 unspecified atom stereocenters. The van der Waals surface area contributed by atoms with Crippen LogP contribution in [0, 0.1) is 0 Å². The van der Waals surface area contributed by atoms with E-state index in [4.69, 9.17) is 10.6 Å². The Morgan fingerprint density at radius 1 is 1.53 bits per heavy atom. The molecule has 0 fully saturated rings. The van der Waals surface area contributed by atoms with Gasteiger partial charge >= 0.3 is 0 Å². The van der Waals surface area contributed by atoms with Gasteiger partial charge in [-0.2, -0.15) is 0 Å². The van der Waals surface area contributed by atoms with Crippen LogP contribution in [0.2, 0.25) is 0 Å². The van der Waals surface area contributed by atoms with Gasteiger partial charge in [0, 0.05) is 19.2 Å². The maximum absolute atomic E-state index is 11.8. The molecule has 2 N–H and O–H groups in total. The van der Waals surface area contributed by atoms with Gasteiger partial charge in [0.2, 0.25) is 5.91 Å². The summed E-state index contributed by atoms with van der Waals surface area (Å²) < 4.78 is 0. The lowest BCUT2D eigenvalue weighted by Crippen LogP contribution is -2.26. The van der Waals surface area contributed by atoms with Gasteiger partial charge in [0.05, 0.1) is 7.11 Å². The number of carbonyl (C=O) groups is 1. The van der Waals surface area contributed by atoms with Gasteiger partial charge in [-0.1, -0.05) is 19.1 Å². The van der Waals surface area contributed by atoms with Crippen LogP contribution in [-0.2, 0) is 9.63 Å². The van der Waals surface area contributed by atoms with Crippen LogP contribution in [0.15, 0.2) is 24.3 Å². The number of rotatable bonds is 5. The van der Waals surface area contributed by atoms with Crippen LogP contribution in [0.4, 0.5) is 5.69 Å². The minimum absolute atomic E-state index is 0.0261. The fraction of sp³-hybridized carbons (Fsp3) is 0.462. The van der Waals surface area contributed by atoms with Crippen LogP contribution >= 0.6 is 0 Å². The highest BCUT2D eigenvalue weighted by atomic mass is 16.7. The lowest BCUT2D eigenvalue weighted by atomic mass is 9.92. The number of nitrogens with zero attached hydrogens (tertiary/aromatic N) is 1. The summed E-state index contributed by atoms with van der Waals surface area (Å²) in [5.74, 6) is 0.158. The normalized spacial score (nSPS) is 12.2. The summed E-state index contributed by atoms with van der Waals surface area (Å²) in [6.45, 7) is 2.06. The van der Waals surface area contributed by atoms with Crippen molar-refractivity contribution in [2.24, 2.45) is 0 Å². The number of benzene rings is 1. The van der Waals surface area contributed by atoms with E-state index in [1.807, 2.05) is 24.3 Å². The van der Waals surface area contributed by atoms with Crippen molar-refractivity contribution < 1.29 is 9.63 Å². The molecule has 1 aromatic rings.